The van der Waals surface area contributed by atoms with E-state index in [4.69, 9.17) is 11.0 Å². The number of fused-ring (bicyclic) bond motifs is 1. The Hall–Kier alpha value is -2.98. The van der Waals surface area contributed by atoms with Crippen LogP contribution < -0.4 is 5.73 Å². The van der Waals surface area contributed by atoms with E-state index >= 15 is 0 Å². The SMILES string of the molecule is N#Cc1cc([N+](=O)[O-])ccc1N.c1ccc2scnc2c1. The molecule has 0 aliphatic rings. The van der Waals surface area contributed by atoms with E-state index in [1.165, 1.54) is 16.8 Å². The minimum absolute atomic E-state index is 0.124. The fourth-order valence-electron chi connectivity index (χ4n) is 1.56. The van der Waals surface area contributed by atoms with Gasteiger partial charge in [0.2, 0.25) is 0 Å². The number of benzene rings is 2. The summed E-state index contributed by atoms with van der Waals surface area (Å²) in [4.78, 5) is 13.8. The van der Waals surface area contributed by atoms with Crippen LogP contribution in [-0.2, 0) is 0 Å². The molecule has 0 atom stereocenters. The van der Waals surface area contributed by atoms with Gasteiger partial charge in [0.05, 0.1) is 26.2 Å². The van der Waals surface area contributed by atoms with Gasteiger partial charge >= 0.3 is 0 Å². The number of hydrogen-bond acceptors (Lipinski definition) is 6. The smallest absolute Gasteiger partial charge is 0.270 e. The molecule has 0 fully saturated rings. The first-order valence-electron chi connectivity index (χ1n) is 5.84. The number of nitriles is 1. The summed E-state index contributed by atoms with van der Waals surface area (Å²) in [6.45, 7) is 0. The average Bonchev–Trinajstić information content (AvgIpc) is 2.96. The molecule has 7 heteroatoms. The van der Waals surface area contributed by atoms with Crippen LogP contribution in [0.2, 0.25) is 0 Å². The van der Waals surface area contributed by atoms with E-state index in [1.54, 1.807) is 17.4 Å². The second kappa shape index (κ2) is 6.45. The number of nitrogen functional groups attached to an aromatic ring is 1. The number of nitrogens with two attached hydrogens (primary N) is 1. The summed E-state index contributed by atoms with van der Waals surface area (Å²) in [5, 5.41) is 18.7. The Kier molecular flexibility index (Phi) is 4.43. The van der Waals surface area contributed by atoms with Crippen LogP contribution in [0.1, 0.15) is 5.56 Å². The van der Waals surface area contributed by atoms with Crippen LogP contribution in [0, 0.1) is 21.4 Å². The molecule has 3 aromatic rings. The molecule has 104 valence electrons. The average molecular weight is 298 g/mol. The zero-order chi connectivity index (χ0) is 15.2. The van der Waals surface area contributed by atoms with E-state index in [1.807, 2.05) is 23.7 Å². The third kappa shape index (κ3) is 3.52. The molecule has 21 heavy (non-hydrogen) atoms. The van der Waals surface area contributed by atoms with E-state index < -0.39 is 4.92 Å². The van der Waals surface area contributed by atoms with Crippen LogP contribution in [0.15, 0.2) is 48.0 Å². The molecular formula is C14H10N4O2S. The summed E-state index contributed by atoms with van der Waals surface area (Å²) in [6, 6.07) is 13.6. The van der Waals surface area contributed by atoms with E-state index in [2.05, 4.69) is 11.1 Å². The molecule has 1 heterocycles. The summed E-state index contributed by atoms with van der Waals surface area (Å²) in [5.41, 5.74) is 8.58. The highest BCUT2D eigenvalue weighted by atomic mass is 32.1. The van der Waals surface area contributed by atoms with E-state index in [9.17, 15) is 10.1 Å². The lowest BCUT2D eigenvalue weighted by Gasteiger charge is -1.95. The predicted molar refractivity (Wildman–Crippen MR) is 81.8 cm³/mol. The molecule has 0 radical (unpaired) electrons. The second-order valence-electron chi connectivity index (χ2n) is 3.96. The molecule has 0 spiro atoms. The largest absolute Gasteiger partial charge is 0.398 e. The Bertz CT molecular complexity index is 793. The number of nitrogens with zero attached hydrogens (tertiary/aromatic N) is 3. The monoisotopic (exact) mass is 298 g/mol. The Balaban J connectivity index is 0.000000159. The van der Waals surface area contributed by atoms with Gasteiger partial charge in [0.1, 0.15) is 6.07 Å². The van der Waals surface area contributed by atoms with E-state index in [0.717, 1.165) is 11.6 Å². The van der Waals surface area contributed by atoms with Crippen LogP contribution in [-0.4, -0.2) is 9.91 Å². The first-order valence-corrected chi connectivity index (χ1v) is 6.72. The molecule has 0 aliphatic carbocycles. The molecule has 0 aliphatic heterocycles. The van der Waals surface area contributed by atoms with Gasteiger partial charge in [0, 0.05) is 17.8 Å². The van der Waals surface area contributed by atoms with Crippen LogP contribution in [0.25, 0.3) is 10.2 Å². The number of aromatic nitrogens is 1. The lowest BCUT2D eigenvalue weighted by Crippen LogP contribution is -1.93. The fraction of sp³-hybridized carbons (Fsp3) is 0. The van der Waals surface area contributed by atoms with Crippen molar-refractivity contribution in [1.82, 2.24) is 4.98 Å². The number of anilines is 1. The zero-order valence-electron chi connectivity index (χ0n) is 10.8. The van der Waals surface area contributed by atoms with Crippen molar-refractivity contribution >= 4 is 32.9 Å². The quantitative estimate of drug-likeness (QED) is 0.421. The van der Waals surface area contributed by atoms with Crippen LogP contribution in [0.4, 0.5) is 11.4 Å². The Morgan fingerprint density at radius 3 is 2.71 bits per heavy atom. The van der Waals surface area contributed by atoms with Gasteiger partial charge in [-0.05, 0) is 18.2 Å². The van der Waals surface area contributed by atoms with Crippen molar-refractivity contribution in [3.63, 3.8) is 0 Å². The summed E-state index contributed by atoms with van der Waals surface area (Å²) >= 11 is 1.68. The highest BCUT2D eigenvalue weighted by molar-refractivity contribution is 7.16. The summed E-state index contributed by atoms with van der Waals surface area (Å²) in [5.74, 6) is 0. The molecule has 0 saturated carbocycles. The Morgan fingerprint density at radius 2 is 2.05 bits per heavy atom. The number of rotatable bonds is 1. The first kappa shape index (κ1) is 14.4. The predicted octanol–water partition coefficient (Wildman–Crippen LogP) is 3.34. The number of thiazole rings is 1. The zero-order valence-corrected chi connectivity index (χ0v) is 11.6. The molecular weight excluding hydrogens is 288 g/mol. The van der Waals surface area contributed by atoms with Crippen molar-refractivity contribution in [1.29, 1.82) is 5.26 Å². The van der Waals surface area contributed by atoms with Gasteiger partial charge in [-0.3, -0.25) is 10.1 Å². The van der Waals surface area contributed by atoms with Gasteiger partial charge in [0.15, 0.2) is 0 Å². The Labute approximate surface area is 124 Å². The fourth-order valence-corrected chi connectivity index (χ4v) is 2.24. The maximum atomic E-state index is 10.2. The van der Waals surface area contributed by atoms with Crippen molar-refractivity contribution in [2.24, 2.45) is 0 Å². The maximum Gasteiger partial charge on any atom is 0.270 e. The third-order valence-electron chi connectivity index (χ3n) is 2.60. The topological polar surface area (TPSA) is 106 Å². The molecule has 0 bridgehead atoms. The van der Waals surface area contributed by atoms with Gasteiger partial charge < -0.3 is 5.73 Å². The molecule has 0 saturated heterocycles. The van der Waals surface area contributed by atoms with Gasteiger partial charge in [-0.15, -0.1) is 11.3 Å². The van der Waals surface area contributed by atoms with Gasteiger partial charge in [-0.25, -0.2) is 4.98 Å². The van der Waals surface area contributed by atoms with Gasteiger partial charge in [0.25, 0.3) is 5.69 Å². The molecule has 6 nitrogen and oxygen atoms in total. The van der Waals surface area contributed by atoms with Crippen molar-refractivity contribution in [2.75, 3.05) is 5.73 Å². The lowest BCUT2D eigenvalue weighted by molar-refractivity contribution is -0.384. The summed E-state index contributed by atoms with van der Waals surface area (Å²) in [7, 11) is 0. The van der Waals surface area contributed by atoms with Crippen LogP contribution in [0.5, 0.6) is 0 Å². The lowest BCUT2D eigenvalue weighted by atomic mass is 10.2. The highest BCUT2D eigenvalue weighted by Gasteiger charge is 2.07. The molecule has 3 rings (SSSR count). The van der Waals surface area contributed by atoms with Crippen molar-refractivity contribution in [3.05, 3.63) is 63.7 Å². The standard InChI is InChI=1S/C7H5N3O2.C7H5NS/c8-4-5-3-6(10(11)12)1-2-7(5)9;1-2-4-7-6(3-1)8-5-9-7/h1-3H,9H2;1-5H. The molecule has 2 aromatic carbocycles. The van der Waals surface area contributed by atoms with Crippen LogP contribution in [0.3, 0.4) is 0 Å². The molecule has 0 amide bonds. The van der Waals surface area contributed by atoms with Crippen molar-refractivity contribution < 1.29 is 4.92 Å². The molecule has 2 N–H and O–H groups in total. The van der Waals surface area contributed by atoms with Gasteiger partial charge in [-0.1, -0.05) is 12.1 Å². The van der Waals surface area contributed by atoms with Crippen LogP contribution >= 0.6 is 11.3 Å². The van der Waals surface area contributed by atoms with E-state index in [-0.39, 0.29) is 16.9 Å². The number of hydrogen-bond donors (Lipinski definition) is 1. The third-order valence-corrected chi connectivity index (χ3v) is 3.41. The van der Waals surface area contributed by atoms with Crippen molar-refractivity contribution in [3.8, 4) is 6.07 Å². The van der Waals surface area contributed by atoms with Gasteiger partial charge in [-0.2, -0.15) is 5.26 Å². The second-order valence-corrected chi connectivity index (χ2v) is 4.85. The Morgan fingerprint density at radius 1 is 1.29 bits per heavy atom. The summed E-state index contributed by atoms with van der Waals surface area (Å²) < 4.78 is 1.26. The first-order chi connectivity index (χ1) is 10.1. The number of non-ortho nitro benzene ring substituents is 1. The number of para-hydroxylation sites is 1. The highest BCUT2D eigenvalue weighted by Crippen LogP contribution is 2.18. The summed E-state index contributed by atoms with van der Waals surface area (Å²) in [6.07, 6.45) is 0. The normalized spacial score (nSPS) is 9.48. The molecule has 0 unspecified atom stereocenters. The maximum absolute atomic E-state index is 10.2. The molecule has 1 aromatic heterocycles. The minimum Gasteiger partial charge on any atom is -0.398 e. The van der Waals surface area contributed by atoms with Crippen molar-refractivity contribution in [2.45, 2.75) is 0 Å². The van der Waals surface area contributed by atoms with E-state index in [0.29, 0.717) is 0 Å². The number of nitro benzene ring substituents is 1. The number of nitro groups is 1. The minimum atomic E-state index is -0.569.